The second-order valence-corrected chi connectivity index (χ2v) is 4.84. The Bertz CT molecular complexity index is 539. The van der Waals surface area contributed by atoms with Gasteiger partial charge < -0.3 is 4.90 Å². The molecule has 0 heterocycles. The normalized spacial score (nSPS) is 17.8. The molecule has 20 heavy (non-hydrogen) atoms. The first-order chi connectivity index (χ1) is 9.61. The van der Waals surface area contributed by atoms with E-state index in [4.69, 9.17) is 0 Å². The summed E-state index contributed by atoms with van der Waals surface area (Å²) in [6, 6.07) is 3.46. The van der Waals surface area contributed by atoms with Gasteiger partial charge in [-0.3, -0.25) is 4.79 Å². The van der Waals surface area contributed by atoms with E-state index in [9.17, 15) is 13.6 Å². The lowest BCUT2D eigenvalue weighted by molar-refractivity contribution is -0.129. The van der Waals surface area contributed by atoms with Crippen molar-refractivity contribution in [2.75, 3.05) is 0 Å². The van der Waals surface area contributed by atoms with Crippen molar-refractivity contribution < 1.29 is 13.6 Å². The topological polar surface area (TPSA) is 20.3 Å². The van der Waals surface area contributed by atoms with Crippen LogP contribution < -0.4 is 0 Å². The van der Waals surface area contributed by atoms with Crippen molar-refractivity contribution in [3.63, 3.8) is 0 Å². The van der Waals surface area contributed by atoms with Crippen LogP contribution in [0.1, 0.15) is 24.8 Å². The Kier molecular flexibility index (Phi) is 4.66. The van der Waals surface area contributed by atoms with Crippen LogP contribution in [-0.4, -0.2) is 16.8 Å². The lowest BCUT2D eigenvalue weighted by Crippen LogP contribution is -2.39. The van der Waals surface area contributed by atoms with Crippen LogP contribution in [-0.2, 0) is 11.3 Å². The van der Waals surface area contributed by atoms with Crippen molar-refractivity contribution in [1.82, 2.24) is 4.90 Å². The third kappa shape index (κ3) is 3.32. The molecular weight excluding hydrogens is 260 g/mol. The first-order valence-electron chi connectivity index (χ1n) is 6.63. The van der Waals surface area contributed by atoms with Gasteiger partial charge in [0.25, 0.3) is 0 Å². The van der Waals surface area contributed by atoms with E-state index in [2.05, 4.69) is 12.7 Å². The summed E-state index contributed by atoms with van der Waals surface area (Å²) < 4.78 is 26.6. The number of benzene rings is 1. The van der Waals surface area contributed by atoms with E-state index >= 15 is 0 Å². The van der Waals surface area contributed by atoms with E-state index in [-0.39, 0.29) is 18.5 Å². The fourth-order valence-electron chi connectivity index (χ4n) is 2.40. The molecule has 2 rings (SSSR count). The first kappa shape index (κ1) is 14.4. The van der Waals surface area contributed by atoms with Gasteiger partial charge in [-0.15, -0.1) is 0 Å². The van der Waals surface area contributed by atoms with Gasteiger partial charge in [-0.1, -0.05) is 24.8 Å². The van der Waals surface area contributed by atoms with E-state index in [0.717, 1.165) is 25.3 Å². The number of allylic oxidation sites excluding steroid dienone is 1. The van der Waals surface area contributed by atoms with Crippen molar-refractivity contribution >= 4 is 5.91 Å². The molecule has 4 heteroatoms. The highest BCUT2D eigenvalue weighted by molar-refractivity contribution is 5.87. The van der Waals surface area contributed by atoms with Gasteiger partial charge in [-0.25, -0.2) is 8.78 Å². The van der Waals surface area contributed by atoms with Crippen LogP contribution in [0.25, 0.3) is 0 Å². The summed E-state index contributed by atoms with van der Waals surface area (Å²) >= 11 is 0. The molecule has 0 radical (unpaired) electrons. The number of carbonyl (C=O) groups excluding carboxylic acids is 1. The lowest BCUT2D eigenvalue weighted by atomic mass is 9.99. The molecule has 2 nitrogen and oxygen atoms in total. The van der Waals surface area contributed by atoms with Crippen LogP contribution in [0.3, 0.4) is 0 Å². The van der Waals surface area contributed by atoms with Crippen molar-refractivity contribution in [3.8, 4) is 0 Å². The van der Waals surface area contributed by atoms with Gasteiger partial charge >= 0.3 is 0 Å². The molecule has 0 N–H and O–H groups in total. The van der Waals surface area contributed by atoms with E-state index in [1.807, 2.05) is 6.08 Å². The zero-order valence-electron chi connectivity index (χ0n) is 11.2. The van der Waals surface area contributed by atoms with Crippen LogP contribution >= 0.6 is 0 Å². The molecule has 1 unspecified atom stereocenters. The van der Waals surface area contributed by atoms with Gasteiger partial charge in [0.15, 0.2) is 0 Å². The van der Waals surface area contributed by atoms with Gasteiger partial charge in [-0.05, 0) is 31.4 Å². The maximum Gasteiger partial charge on any atom is 0.246 e. The summed E-state index contributed by atoms with van der Waals surface area (Å²) in [6.45, 7) is 3.63. The van der Waals surface area contributed by atoms with Gasteiger partial charge in [0.1, 0.15) is 11.6 Å². The largest absolute Gasteiger partial charge is 0.331 e. The smallest absolute Gasteiger partial charge is 0.246 e. The number of nitrogens with zero attached hydrogens (tertiary/aromatic N) is 1. The molecule has 0 spiro atoms. The Morgan fingerprint density at radius 1 is 1.40 bits per heavy atom. The van der Waals surface area contributed by atoms with Gasteiger partial charge in [0.2, 0.25) is 5.91 Å². The highest BCUT2D eigenvalue weighted by atomic mass is 19.1. The zero-order valence-corrected chi connectivity index (χ0v) is 11.2. The van der Waals surface area contributed by atoms with Crippen LogP contribution in [0.5, 0.6) is 0 Å². The number of hydrogen-bond acceptors (Lipinski definition) is 1. The zero-order chi connectivity index (χ0) is 14.5. The third-order valence-corrected chi connectivity index (χ3v) is 3.50. The van der Waals surface area contributed by atoms with Crippen LogP contribution in [0.2, 0.25) is 0 Å². The Morgan fingerprint density at radius 3 is 2.80 bits per heavy atom. The molecule has 1 aliphatic rings. The quantitative estimate of drug-likeness (QED) is 0.608. The van der Waals surface area contributed by atoms with Crippen molar-refractivity contribution in [1.29, 1.82) is 0 Å². The first-order valence-corrected chi connectivity index (χ1v) is 6.63. The van der Waals surface area contributed by atoms with Crippen molar-refractivity contribution in [3.05, 3.63) is 60.2 Å². The monoisotopic (exact) mass is 277 g/mol. The molecule has 1 aliphatic carbocycles. The average molecular weight is 277 g/mol. The molecule has 106 valence electrons. The number of hydrogen-bond donors (Lipinski definition) is 0. The summed E-state index contributed by atoms with van der Waals surface area (Å²) in [5, 5.41) is 0. The predicted molar refractivity (Wildman–Crippen MR) is 73.9 cm³/mol. The Balaban J connectivity index is 2.21. The molecule has 0 saturated carbocycles. The molecule has 0 bridgehead atoms. The van der Waals surface area contributed by atoms with Gasteiger partial charge in [0.05, 0.1) is 0 Å². The van der Waals surface area contributed by atoms with Crippen molar-refractivity contribution in [2.45, 2.75) is 31.8 Å². The summed E-state index contributed by atoms with van der Waals surface area (Å²) in [7, 11) is 0. The molecule has 0 aromatic heterocycles. The summed E-state index contributed by atoms with van der Waals surface area (Å²) in [5.74, 6) is -1.47. The molecular formula is C16H17F2NO. The highest BCUT2D eigenvalue weighted by Crippen LogP contribution is 2.21. The van der Waals surface area contributed by atoms with E-state index in [1.54, 1.807) is 4.90 Å². The van der Waals surface area contributed by atoms with Crippen LogP contribution in [0.15, 0.2) is 43.0 Å². The standard InChI is InChI=1S/C16H17F2NO/c1-2-16(20)19(14-6-4-3-5-7-14)11-12-8-9-13(17)10-15(12)18/h2-4,8-10,14H,1,5-7,11H2. The minimum atomic E-state index is -0.627. The summed E-state index contributed by atoms with van der Waals surface area (Å²) in [6.07, 6.45) is 7.84. The lowest BCUT2D eigenvalue weighted by Gasteiger charge is -2.32. The molecule has 0 saturated heterocycles. The molecule has 0 fully saturated rings. The second-order valence-electron chi connectivity index (χ2n) is 4.84. The van der Waals surface area contributed by atoms with Crippen molar-refractivity contribution in [2.24, 2.45) is 0 Å². The summed E-state index contributed by atoms with van der Waals surface area (Å²) in [5.41, 5.74) is 0.316. The Morgan fingerprint density at radius 2 is 2.20 bits per heavy atom. The molecule has 1 aromatic carbocycles. The highest BCUT2D eigenvalue weighted by Gasteiger charge is 2.23. The fourth-order valence-corrected chi connectivity index (χ4v) is 2.40. The average Bonchev–Trinajstić information content (AvgIpc) is 2.46. The number of halogens is 2. The molecule has 1 amide bonds. The SMILES string of the molecule is C=CC(=O)N(Cc1ccc(F)cc1F)C1CC=CCC1. The third-order valence-electron chi connectivity index (χ3n) is 3.50. The molecule has 1 atom stereocenters. The molecule has 0 aliphatic heterocycles. The maximum absolute atomic E-state index is 13.7. The van der Waals surface area contributed by atoms with E-state index < -0.39 is 11.6 Å². The van der Waals surface area contributed by atoms with E-state index in [1.165, 1.54) is 18.2 Å². The van der Waals surface area contributed by atoms with Crippen LogP contribution in [0.4, 0.5) is 8.78 Å². The Hall–Kier alpha value is -1.97. The number of carbonyl (C=O) groups is 1. The number of rotatable bonds is 4. The van der Waals surface area contributed by atoms with Crippen LogP contribution in [0, 0.1) is 11.6 Å². The second kappa shape index (κ2) is 6.46. The Labute approximate surface area is 117 Å². The maximum atomic E-state index is 13.7. The molecule has 1 aromatic rings. The number of amides is 1. The van der Waals surface area contributed by atoms with Gasteiger partial charge in [-0.2, -0.15) is 0 Å². The summed E-state index contributed by atoms with van der Waals surface area (Å²) in [4.78, 5) is 13.6. The van der Waals surface area contributed by atoms with E-state index in [0.29, 0.717) is 5.56 Å². The van der Waals surface area contributed by atoms with Gasteiger partial charge in [0, 0.05) is 24.2 Å². The fraction of sp³-hybridized carbons (Fsp3) is 0.312. The minimum absolute atomic E-state index is 0.0370. The minimum Gasteiger partial charge on any atom is -0.331 e. The predicted octanol–water partition coefficient (Wildman–Crippen LogP) is 3.59.